The van der Waals surface area contributed by atoms with E-state index in [2.05, 4.69) is 16.1 Å². The van der Waals surface area contributed by atoms with Crippen molar-refractivity contribution in [2.45, 2.75) is 13.8 Å². The Kier molecular flexibility index (Phi) is 6.45. The first-order valence-electron chi connectivity index (χ1n) is 10.7. The topological polar surface area (TPSA) is 113 Å². The molecule has 2 aromatic carbocycles. The minimum Gasteiger partial charge on any atom is -0.325 e. The molecule has 0 spiro atoms. The number of hydrogen-bond donors (Lipinski definition) is 3. The monoisotopic (exact) mass is 475 g/mol. The lowest BCUT2D eigenvalue weighted by atomic mass is 10.2. The van der Waals surface area contributed by atoms with Crippen LogP contribution in [-0.4, -0.2) is 39.9 Å². The van der Waals surface area contributed by atoms with Gasteiger partial charge in [0.25, 0.3) is 11.8 Å². The van der Waals surface area contributed by atoms with Crippen molar-refractivity contribution in [3.8, 4) is 0 Å². The first-order valence-corrected chi connectivity index (χ1v) is 10.7. The molecule has 2 heterocycles. The molecule has 0 unspecified atom stereocenters. The van der Waals surface area contributed by atoms with Crippen LogP contribution in [0.5, 0.6) is 0 Å². The van der Waals surface area contributed by atoms with Crippen LogP contribution in [0.3, 0.4) is 0 Å². The third-order valence-corrected chi connectivity index (χ3v) is 5.41. The molecule has 1 saturated heterocycles. The maximum atomic E-state index is 13.0. The zero-order valence-electron chi connectivity index (χ0n) is 19.0. The molecule has 1 aromatic heterocycles. The van der Waals surface area contributed by atoms with Crippen LogP contribution in [0.4, 0.5) is 14.9 Å². The predicted octanol–water partition coefficient (Wildman–Crippen LogP) is 3.16. The average Bonchev–Trinajstić information content (AvgIpc) is 3.25. The quantitative estimate of drug-likeness (QED) is 0.376. The number of urea groups is 1. The molecule has 0 radical (unpaired) electrons. The Hall–Kier alpha value is -4.73. The number of nitrogens with zero attached hydrogens (tertiary/aromatic N) is 2. The fourth-order valence-electron chi connectivity index (χ4n) is 3.61. The second-order valence-corrected chi connectivity index (χ2v) is 7.90. The fraction of sp³-hybridized carbons (Fsp3) is 0.120. The number of amides is 5. The van der Waals surface area contributed by atoms with E-state index in [1.807, 2.05) is 6.07 Å². The Bertz CT molecular complexity index is 1350. The first kappa shape index (κ1) is 23.4. The normalized spacial score (nSPS) is 14.3. The van der Waals surface area contributed by atoms with Crippen molar-refractivity contribution in [3.05, 3.63) is 94.7 Å². The summed E-state index contributed by atoms with van der Waals surface area (Å²) >= 11 is 0. The standard InChI is InChI=1S/C25H22FN5O4/c1-15-12-18(16(2)31(15)29-23(33)17-6-4-3-5-7-17)13-21-24(34)30(25(35)28-21)14-22(32)27-20-10-8-19(26)9-11-20/h3-13H,14H2,1-2H3,(H,27,32)(H,28,35)(H,29,33)/b21-13-. The average molecular weight is 475 g/mol. The molecule has 1 fully saturated rings. The van der Waals surface area contributed by atoms with Crippen LogP contribution in [0, 0.1) is 19.7 Å². The van der Waals surface area contributed by atoms with Crippen molar-refractivity contribution in [1.29, 1.82) is 0 Å². The molecule has 1 aliphatic heterocycles. The Morgan fingerprint density at radius 2 is 1.71 bits per heavy atom. The van der Waals surface area contributed by atoms with Gasteiger partial charge in [0.05, 0.1) is 0 Å². The molecule has 9 nitrogen and oxygen atoms in total. The van der Waals surface area contributed by atoms with E-state index < -0.39 is 30.2 Å². The summed E-state index contributed by atoms with van der Waals surface area (Å²) in [6.45, 7) is 3.05. The maximum Gasteiger partial charge on any atom is 0.329 e. The summed E-state index contributed by atoms with van der Waals surface area (Å²) in [6, 6.07) is 14.9. The fourth-order valence-corrected chi connectivity index (χ4v) is 3.61. The summed E-state index contributed by atoms with van der Waals surface area (Å²) in [7, 11) is 0. The number of carbonyl (C=O) groups excluding carboxylic acids is 4. The highest BCUT2D eigenvalue weighted by molar-refractivity contribution is 6.16. The van der Waals surface area contributed by atoms with Crippen LogP contribution in [0.25, 0.3) is 6.08 Å². The summed E-state index contributed by atoms with van der Waals surface area (Å²) in [5.74, 6) is -2.02. The van der Waals surface area contributed by atoms with E-state index in [-0.39, 0.29) is 11.6 Å². The number of carbonyl (C=O) groups is 4. The first-order chi connectivity index (χ1) is 16.7. The van der Waals surface area contributed by atoms with E-state index in [4.69, 9.17) is 0 Å². The highest BCUT2D eigenvalue weighted by atomic mass is 19.1. The van der Waals surface area contributed by atoms with Gasteiger partial charge in [-0.05, 0) is 68.0 Å². The van der Waals surface area contributed by atoms with Gasteiger partial charge in [0.2, 0.25) is 5.91 Å². The van der Waals surface area contributed by atoms with Gasteiger partial charge in [0.15, 0.2) is 0 Å². The van der Waals surface area contributed by atoms with Crippen molar-refractivity contribution in [2.75, 3.05) is 17.3 Å². The molecule has 178 valence electrons. The Morgan fingerprint density at radius 3 is 2.40 bits per heavy atom. The Morgan fingerprint density at radius 1 is 1.03 bits per heavy atom. The van der Waals surface area contributed by atoms with E-state index in [0.29, 0.717) is 28.2 Å². The molecule has 5 amide bonds. The Balaban J connectivity index is 1.47. The number of nitrogens with one attached hydrogen (secondary N) is 3. The molecular weight excluding hydrogens is 453 g/mol. The smallest absolute Gasteiger partial charge is 0.325 e. The van der Waals surface area contributed by atoms with E-state index in [0.717, 1.165) is 4.90 Å². The van der Waals surface area contributed by atoms with Crippen molar-refractivity contribution in [1.82, 2.24) is 14.9 Å². The van der Waals surface area contributed by atoms with Crippen molar-refractivity contribution in [3.63, 3.8) is 0 Å². The van der Waals surface area contributed by atoms with Gasteiger partial charge in [0, 0.05) is 22.6 Å². The molecule has 0 bridgehead atoms. The third-order valence-electron chi connectivity index (χ3n) is 5.41. The van der Waals surface area contributed by atoms with E-state index in [9.17, 15) is 23.6 Å². The number of aromatic nitrogens is 1. The number of aryl methyl sites for hydroxylation is 1. The SMILES string of the molecule is Cc1cc(/C=C2\NC(=O)N(CC(=O)Nc3ccc(F)cc3)C2=O)c(C)n1NC(=O)c1ccccc1. The van der Waals surface area contributed by atoms with Crippen LogP contribution in [0.1, 0.15) is 27.3 Å². The molecule has 0 saturated carbocycles. The van der Waals surface area contributed by atoms with Gasteiger partial charge in [-0.2, -0.15) is 0 Å². The molecule has 3 N–H and O–H groups in total. The number of imide groups is 1. The van der Waals surface area contributed by atoms with Gasteiger partial charge in [-0.15, -0.1) is 0 Å². The van der Waals surface area contributed by atoms with Gasteiger partial charge in [0.1, 0.15) is 18.1 Å². The van der Waals surface area contributed by atoms with Crippen molar-refractivity contribution < 1.29 is 23.6 Å². The van der Waals surface area contributed by atoms with Crippen LogP contribution in [-0.2, 0) is 9.59 Å². The van der Waals surface area contributed by atoms with Gasteiger partial charge < -0.3 is 10.6 Å². The number of hydrogen-bond acceptors (Lipinski definition) is 4. The van der Waals surface area contributed by atoms with E-state index in [1.165, 1.54) is 30.3 Å². The number of rotatable bonds is 6. The lowest BCUT2D eigenvalue weighted by molar-refractivity contribution is -0.127. The van der Waals surface area contributed by atoms with E-state index >= 15 is 0 Å². The van der Waals surface area contributed by atoms with Crippen LogP contribution >= 0.6 is 0 Å². The second-order valence-electron chi connectivity index (χ2n) is 7.90. The highest BCUT2D eigenvalue weighted by Crippen LogP contribution is 2.20. The Labute approximate surface area is 200 Å². The van der Waals surface area contributed by atoms with Crippen LogP contribution < -0.4 is 16.1 Å². The number of anilines is 1. The third kappa shape index (κ3) is 5.11. The largest absolute Gasteiger partial charge is 0.329 e. The van der Waals surface area contributed by atoms with E-state index in [1.54, 1.807) is 48.9 Å². The zero-order valence-corrected chi connectivity index (χ0v) is 19.0. The van der Waals surface area contributed by atoms with Crippen LogP contribution in [0.2, 0.25) is 0 Å². The van der Waals surface area contributed by atoms with Gasteiger partial charge in [-0.3, -0.25) is 24.5 Å². The van der Waals surface area contributed by atoms with Crippen LogP contribution in [0.15, 0.2) is 66.4 Å². The van der Waals surface area contributed by atoms with Gasteiger partial charge in [-0.1, -0.05) is 18.2 Å². The molecule has 35 heavy (non-hydrogen) atoms. The molecule has 0 aliphatic carbocycles. The molecule has 0 atom stereocenters. The van der Waals surface area contributed by atoms with Crippen molar-refractivity contribution >= 4 is 35.5 Å². The molecule has 4 rings (SSSR count). The summed E-state index contributed by atoms with van der Waals surface area (Å²) in [4.78, 5) is 50.7. The molecule has 10 heteroatoms. The lowest BCUT2D eigenvalue weighted by Gasteiger charge is -2.12. The zero-order chi connectivity index (χ0) is 25.1. The summed E-state index contributed by atoms with van der Waals surface area (Å²) in [6.07, 6.45) is 1.49. The molecule has 1 aliphatic rings. The summed E-state index contributed by atoms with van der Waals surface area (Å²) < 4.78 is 14.6. The number of halogens is 1. The van der Waals surface area contributed by atoms with Gasteiger partial charge >= 0.3 is 6.03 Å². The minimum absolute atomic E-state index is 0.000724. The molecular formula is C25H22FN5O4. The summed E-state index contributed by atoms with van der Waals surface area (Å²) in [5, 5.41) is 4.98. The minimum atomic E-state index is -0.735. The van der Waals surface area contributed by atoms with Gasteiger partial charge in [-0.25, -0.2) is 14.1 Å². The van der Waals surface area contributed by atoms with Crippen molar-refractivity contribution in [2.24, 2.45) is 0 Å². The maximum absolute atomic E-state index is 13.0. The lowest BCUT2D eigenvalue weighted by Crippen LogP contribution is -2.38. The molecule has 3 aromatic rings. The predicted molar refractivity (Wildman–Crippen MR) is 127 cm³/mol. The summed E-state index contributed by atoms with van der Waals surface area (Å²) in [5.41, 5.74) is 5.61. The highest BCUT2D eigenvalue weighted by Gasteiger charge is 2.35. The second kappa shape index (κ2) is 9.64. The number of benzene rings is 2.